The first-order chi connectivity index (χ1) is 11.5. The Bertz CT molecular complexity index is 811. The molecule has 3 rings (SSSR count). The lowest BCUT2D eigenvalue weighted by Gasteiger charge is -2.38. The van der Waals surface area contributed by atoms with Crippen LogP contribution in [-0.4, -0.2) is 28.9 Å². The molecule has 1 aliphatic heterocycles. The van der Waals surface area contributed by atoms with Crippen molar-refractivity contribution in [3.63, 3.8) is 0 Å². The van der Waals surface area contributed by atoms with E-state index in [-0.39, 0.29) is 5.69 Å². The Morgan fingerprint density at radius 2 is 2.08 bits per heavy atom. The van der Waals surface area contributed by atoms with Crippen LogP contribution in [0.2, 0.25) is 0 Å². The molecule has 0 bridgehead atoms. The molecular formula is C17H16FN3O3. The summed E-state index contributed by atoms with van der Waals surface area (Å²) in [7, 11) is 0. The second kappa shape index (κ2) is 5.92. The van der Waals surface area contributed by atoms with E-state index >= 15 is 0 Å². The normalized spacial score (nSPS) is 19.5. The number of carbonyl (C=O) groups is 2. The number of nitrogens with one attached hydrogen (secondary N) is 1. The van der Waals surface area contributed by atoms with Crippen molar-refractivity contribution in [3.05, 3.63) is 48.4 Å². The molecule has 1 aromatic heterocycles. The molecule has 1 aromatic carbocycles. The average Bonchev–Trinajstić information content (AvgIpc) is 2.58. The summed E-state index contributed by atoms with van der Waals surface area (Å²) in [5, 5.41) is 2.42. The van der Waals surface area contributed by atoms with E-state index in [0.29, 0.717) is 18.1 Å². The number of anilines is 2. The molecular weight excluding hydrogens is 313 g/mol. The number of para-hydroxylation sites is 1. The third kappa shape index (κ3) is 2.47. The van der Waals surface area contributed by atoms with Crippen molar-refractivity contribution < 1.29 is 18.7 Å². The first-order valence-electron chi connectivity index (χ1n) is 7.49. The first kappa shape index (κ1) is 15.9. The van der Waals surface area contributed by atoms with Gasteiger partial charge in [0.2, 0.25) is 0 Å². The minimum absolute atomic E-state index is 0.0137. The van der Waals surface area contributed by atoms with Gasteiger partial charge in [-0.15, -0.1) is 0 Å². The van der Waals surface area contributed by atoms with Crippen molar-refractivity contribution in [1.29, 1.82) is 0 Å². The molecule has 2 heterocycles. The number of benzene rings is 1. The summed E-state index contributed by atoms with van der Waals surface area (Å²) in [5.41, 5.74) is -1.82. The van der Waals surface area contributed by atoms with Crippen molar-refractivity contribution >= 4 is 23.3 Å². The fourth-order valence-electron chi connectivity index (χ4n) is 2.52. The van der Waals surface area contributed by atoms with Gasteiger partial charge in [0.25, 0.3) is 17.4 Å². The monoisotopic (exact) mass is 329 g/mol. The summed E-state index contributed by atoms with van der Waals surface area (Å²) in [4.78, 5) is 30.9. The molecule has 7 heteroatoms. The Balaban J connectivity index is 1.96. The van der Waals surface area contributed by atoms with Crippen LogP contribution < -0.4 is 15.0 Å². The largest absolute Gasteiger partial charge is 0.464 e. The summed E-state index contributed by atoms with van der Waals surface area (Å²) in [5.74, 6) is -1.20. The molecule has 0 saturated carbocycles. The maximum absolute atomic E-state index is 13.8. The lowest BCUT2D eigenvalue weighted by Crippen LogP contribution is -2.61. The number of amides is 2. The summed E-state index contributed by atoms with van der Waals surface area (Å²) >= 11 is 0. The molecule has 24 heavy (non-hydrogen) atoms. The molecule has 0 saturated heterocycles. The topological polar surface area (TPSA) is 71.5 Å². The minimum atomic E-state index is -1.81. The third-order valence-corrected chi connectivity index (χ3v) is 3.85. The van der Waals surface area contributed by atoms with Crippen molar-refractivity contribution in [2.75, 3.05) is 16.8 Å². The van der Waals surface area contributed by atoms with E-state index in [1.54, 1.807) is 31.3 Å². The van der Waals surface area contributed by atoms with E-state index in [0.717, 1.165) is 0 Å². The molecule has 1 aliphatic rings. The molecule has 0 fully saturated rings. The predicted octanol–water partition coefficient (Wildman–Crippen LogP) is 2.36. The van der Waals surface area contributed by atoms with Crippen molar-refractivity contribution in [1.82, 2.24) is 4.98 Å². The lowest BCUT2D eigenvalue weighted by molar-refractivity contribution is -0.145. The van der Waals surface area contributed by atoms with Crippen LogP contribution >= 0.6 is 0 Å². The van der Waals surface area contributed by atoms with E-state index in [1.165, 1.54) is 30.0 Å². The van der Waals surface area contributed by atoms with E-state index in [2.05, 4.69) is 10.3 Å². The number of likely N-dealkylation sites (N-methyl/N-ethyl adjacent to an activating group) is 1. The van der Waals surface area contributed by atoms with Gasteiger partial charge in [-0.3, -0.25) is 14.5 Å². The molecule has 6 nitrogen and oxygen atoms in total. The summed E-state index contributed by atoms with van der Waals surface area (Å²) in [6.07, 6.45) is 1.54. The SMILES string of the molecule is CCN1C(=O)C(C)(C(=O)Nc2ccccc2F)Oc2cccnc21. The van der Waals surface area contributed by atoms with Gasteiger partial charge in [-0.05, 0) is 38.1 Å². The van der Waals surface area contributed by atoms with Gasteiger partial charge in [-0.25, -0.2) is 9.37 Å². The minimum Gasteiger partial charge on any atom is -0.464 e. The Morgan fingerprint density at radius 1 is 1.33 bits per heavy atom. The van der Waals surface area contributed by atoms with E-state index < -0.39 is 23.2 Å². The van der Waals surface area contributed by atoms with Crippen LogP contribution in [0.15, 0.2) is 42.6 Å². The van der Waals surface area contributed by atoms with Crippen LogP contribution in [0.25, 0.3) is 0 Å². The Kier molecular flexibility index (Phi) is 3.92. The highest BCUT2D eigenvalue weighted by molar-refractivity contribution is 6.19. The van der Waals surface area contributed by atoms with Crippen LogP contribution in [-0.2, 0) is 9.59 Å². The molecule has 1 unspecified atom stereocenters. The molecule has 124 valence electrons. The third-order valence-electron chi connectivity index (χ3n) is 3.85. The van der Waals surface area contributed by atoms with Crippen molar-refractivity contribution in [2.24, 2.45) is 0 Å². The molecule has 0 aliphatic carbocycles. The number of rotatable bonds is 3. The number of carbonyl (C=O) groups excluding carboxylic acids is 2. The fraction of sp³-hybridized carbons (Fsp3) is 0.235. The zero-order valence-electron chi connectivity index (χ0n) is 13.2. The summed E-state index contributed by atoms with van der Waals surface area (Å²) < 4.78 is 19.4. The summed E-state index contributed by atoms with van der Waals surface area (Å²) in [6, 6.07) is 9.01. The standard InChI is InChI=1S/C17H16FN3O3/c1-3-21-14-13(9-6-10-19-14)24-17(2,16(21)23)15(22)20-12-8-5-4-7-11(12)18/h4-10H,3H2,1-2H3,(H,20,22). The van der Waals surface area contributed by atoms with Crippen molar-refractivity contribution in [3.8, 4) is 5.75 Å². The zero-order valence-corrected chi connectivity index (χ0v) is 13.2. The van der Waals surface area contributed by atoms with Crippen molar-refractivity contribution in [2.45, 2.75) is 19.4 Å². The predicted molar refractivity (Wildman–Crippen MR) is 86.3 cm³/mol. The molecule has 0 spiro atoms. The quantitative estimate of drug-likeness (QED) is 0.878. The highest BCUT2D eigenvalue weighted by Gasteiger charge is 2.51. The van der Waals surface area contributed by atoms with E-state index in [1.807, 2.05) is 0 Å². The Labute approximate surface area is 138 Å². The number of halogens is 1. The Morgan fingerprint density at radius 3 is 2.79 bits per heavy atom. The van der Waals surface area contributed by atoms with Gasteiger partial charge in [0, 0.05) is 12.7 Å². The van der Waals surface area contributed by atoms with Gasteiger partial charge in [-0.2, -0.15) is 0 Å². The Hall–Kier alpha value is -2.96. The number of fused-ring (bicyclic) bond motifs is 1. The highest BCUT2D eigenvalue weighted by Crippen LogP contribution is 2.36. The van der Waals surface area contributed by atoms with Crippen LogP contribution in [0.4, 0.5) is 15.9 Å². The molecule has 2 amide bonds. The first-order valence-corrected chi connectivity index (χ1v) is 7.49. The number of nitrogens with zero attached hydrogens (tertiary/aromatic N) is 2. The van der Waals surface area contributed by atoms with E-state index in [9.17, 15) is 14.0 Å². The van der Waals surface area contributed by atoms with Crippen LogP contribution in [0.5, 0.6) is 5.75 Å². The maximum Gasteiger partial charge on any atom is 0.282 e. The molecule has 1 atom stereocenters. The number of ether oxygens (including phenoxy) is 1. The molecule has 0 radical (unpaired) electrons. The van der Waals surface area contributed by atoms with Gasteiger partial charge in [0.1, 0.15) is 5.82 Å². The van der Waals surface area contributed by atoms with Gasteiger partial charge >= 0.3 is 0 Å². The van der Waals surface area contributed by atoms with E-state index in [4.69, 9.17) is 4.74 Å². The smallest absolute Gasteiger partial charge is 0.282 e. The molecule has 1 N–H and O–H groups in total. The van der Waals surface area contributed by atoms with Crippen LogP contribution in [0, 0.1) is 5.82 Å². The zero-order chi connectivity index (χ0) is 17.3. The fourth-order valence-corrected chi connectivity index (χ4v) is 2.52. The second-order valence-corrected chi connectivity index (χ2v) is 5.44. The number of pyridine rings is 1. The second-order valence-electron chi connectivity index (χ2n) is 5.44. The number of aromatic nitrogens is 1. The van der Waals surface area contributed by atoms with Gasteiger partial charge in [-0.1, -0.05) is 12.1 Å². The molecule has 2 aromatic rings. The van der Waals surface area contributed by atoms with Gasteiger partial charge in [0.05, 0.1) is 5.69 Å². The number of hydrogen-bond donors (Lipinski definition) is 1. The van der Waals surface area contributed by atoms with Gasteiger partial charge in [0.15, 0.2) is 11.6 Å². The maximum atomic E-state index is 13.8. The number of hydrogen-bond acceptors (Lipinski definition) is 4. The highest BCUT2D eigenvalue weighted by atomic mass is 19.1. The van der Waals surface area contributed by atoms with Crippen LogP contribution in [0.1, 0.15) is 13.8 Å². The summed E-state index contributed by atoms with van der Waals surface area (Å²) in [6.45, 7) is 3.47. The average molecular weight is 329 g/mol. The lowest BCUT2D eigenvalue weighted by atomic mass is 10.0. The van der Waals surface area contributed by atoms with Crippen LogP contribution in [0.3, 0.4) is 0 Å². The van der Waals surface area contributed by atoms with Gasteiger partial charge < -0.3 is 10.1 Å².